The Hall–Kier alpha value is -2.17. The fourth-order valence-electron chi connectivity index (χ4n) is 3.07. The fourth-order valence-corrected chi connectivity index (χ4v) is 3.54. The Bertz CT molecular complexity index is 831. The van der Waals surface area contributed by atoms with Gasteiger partial charge in [-0.15, -0.1) is 0 Å². The standard InChI is InChI=1S/C21H22Cl2N2O2/c1-2-27-20-6-4-3-5-19(20)24-11-13-25(14-12-24)21(26)10-8-16-7-9-17(22)15-18(16)23/h3-10,15H,2,11-14H2,1H3. The molecule has 6 heteroatoms. The van der Waals surface area contributed by atoms with E-state index in [1.54, 1.807) is 30.4 Å². The maximum atomic E-state index is 12.5. The van der Waals surface area contributed by atoms with Crippen LogP contribution in [0.25, 0.3) is 6.08 Å². The van der Waals surface area contributed by atoms with E-state index in [-0.39, 0.29) is 5.91 Å². The number of rotatable bonds is 5. The Kier molecular flexibility index (Phi) is 6.64. The third-order valence-electron chi connectivity index (χ3n) is 4.47. The second-order valence-electron chi connectivity index (χ2n) is 6.21. The van der Waals surface area contributed by atoms with Crippen LogP contribution < -0.4 is 9.64 Å². The highest BCUT2D eigenvalue weighted by Crippen LogP contribution is 2.29. The molecule has 1 heterocycles. The zero-order valence-electron chi connectivity index (χ0n) is 15.2. The monoisotopic (exact) mass is 404 g/mol. The molecule has 0 saturated carbocycles. The number of benzene rings is 2. The lowest BCUT2D eigenvalue weighted by atomic mass is 10.2. The Labute approximate surface area is 169 Å². The van der Waals surface area contributed by atoms with Crippen molar-refractivity contribution in [2.45, 2.75) is 6.92 Å². The van der Waals surface area contributed by atoms with Gasteiger partial charge in [-0.2, -0.15) is 0 Å². The second-order valence-corrected chi connectivity index (χ2v) is 7.06. The molecule has 0 radical (unpaired) electrons. The molecule has 1 fully saturated rings. The smallest absolute Gasteiger partial charge is 0.246 e. The summed E-state index contributed by atoms with van der Waals surface area (Å²) in [5.41, 5.74) is 1.86. The van der Waals surface area contributed by atoms with E-state index in [4.69, 9.17) is 27.9 Å². The quantitative estimate of drug-likeness (QED) is 0.673. The zero-order valence-corrected chi connectivity index (χ0v) is 16.7. The molecule has 0 spiro atoms. The maximum Gasteiger partial charge on any atom is 0.246 e. The summed E-state index contributed by atoms with van der Waals surface area (Å²) in [4.78, 5) is 16.6. The molecule has 2 aromatic carbocycles. The van der Waals surface area contributed by atoms with E-state index in [1.165, 1.54) is 0 Å². The molecule has 1 amide bonds. The van der Waals surface area contributed by atoms with Gasteiger partial charge in [0, 0.05) is 42.3 Å². The number of ether oxygens (including phenoxy) is 1. The Morgan fingerprint density at radius 3 is 2.56 bits per heavy atom. The van der Waals surface area contributed by atoms with Crippen LogP contribution in [0.3, 0.4) is 0 Å². The van der Waals surface area contributed by atoms with Crippen LogP contribution in [0.15, 0.2) is 48.5 Å². The van der Waals surface area contributed by atoms with Crippen molar-refractivity contribution in [1.82, 2.24) is 4.90 Å². The summed E-state index contributed by atoms with van der Waals surface area (Å²) in [6.45, 7) is 5.48. The van der Waals surface area contributed by atoms with Gasteiger partial charge in [0.05, 0.1) is 12.3 Å². The van der Waals surface area contributed by atoms with Crippen LogP contribution in [0, 0.1) is 0 Å². The normalized spacial score (nSPS) is 14.6. The minimum atomic E-state index is -0.0150. The Balaban J connectivity index is 1.60. The number of halogens is 2. The average molecular weight is 405 g/mol. The first-order chi connectivity index (χ1) is 13.1. The topological polar surface area (TPSA) is 32.8 Å². The molecule has 4 nitrogen and oxygen atoms in total. The molecule has 1 aliphatic heterocycles. The minimum absolute atomic E-state index is 0.0150. The van der Waals surface area contributed by atoms with Crippen LogP contribution in [0.5, 0.6) is 5.75 Å². The molecular formula is C21H22Cl2N2O2. The molecule has 0 N–H and O–H groups in total. The minimum Gasteiger partial charge on any atom is -0.492 e. The lowest BCUT2D eigenvalue weighted by Crippen LogP contribution is -2.48. The van der Waals surface area contributed by atoms with Gasteiger partial charge in [0.25, 0.3) is 0 Å². The van der Waals surface area contributed by atoms with Gasteiger partial charge < -0.3 is 14.5 Å². The van der Waals surface area contributed by atoms with Crippen molar-refractivity contribution in [2.75, 3.05) is 37.7 Å². The van der Waals surface area contributed by atoms with Gasteiger partial charge in [-0.25, -0.2) is 0 Å². The number of carbonyl (C=O) groups is 1. The number of para-hydroxylation sites is 2. The first-order valence-electron chi connectivity index (χ1n) is 8.97. The third-order valence-corrected chi connectivity index (χ3v) is 5.03. The van der Waals surface area contributed by atoms with Gasteiger partial charge in [0.15, 0.2) is 0 Å². The summed E-state index contributed by atoms with van der Waals surface area (Å²) in [5, 5.41) is 1.11. The molecule has 0 atom stereocenters. The highest BCUT2D eigenvalue weighted by Gasteiger charge is 2.21. The van der Waals surface area contributed by atoms with Crippen molar-refractivity contribution >= 4 is 40.9 Å². The molecule has 2 aromatic rings. The third kappa shape index (κ3) is 4.96. The van der Waals surface area contributed by atoms with E-state index >= 15 is 0 Å². The van der Waals surface area contributed by atoms with E-state index in [0.29, 0.717) is 29.7 Å². The van der Waals surface area contributed by atoms with Crippen molar-refractivity contribution in [2.24, 2.45) is 0 Å². The number of nitrogens with zero attached hydrogens (tertiary/aromatic N) is 2. The fraction of sp³-hybridized carbons (Fsp3) is 0.286. The summed E-state index contributed by atoms with van der Waals surface area (Å²) < 4.78 is 5.72. The Morgan fingerprint density at radius 1 is 1.11 bits per heavy atom. The number of amides is 1. The van der Waals surface area contributed by atoms with E-state index in [1.807, 2.05) is 30.0 Å². The number of hydrogen-bond donors (Lipinski definition) is 0. The van der Waals surface area contributed by atoms with Crippen LogP contribution in [0.4, 0.5) is 5.69 Å². The number of carbonyl (C=O) groups excluding carboxylic acids is 1. The molecule has 0 aromatic heterocycles. The van der Waals surface area contributed by atoms with Crippen LogP contribution in [-0.4, -0.2) is 43.6 Å². The van der Waals surface area contributed by atoms with Gasteiger partial charge in [-0.05, 0) is 42.8 Å². The van der Waals surface area contributed by atoms with Crippen LogP contribution in [-0.2, 0) is 4.79 Å². The molecule has 1 saturated heterocycles. The van der Waals surface area contributed by atoms with Gasteiger partial charge in [0.1, 0.15) is 5.75 Å². The molecule has 1 aliphatic rings. The predicted octanol–water partition coefficient (Wildman–Crippen LogP) is 4.75. The summed E-state index contributed by atoms with van der Waals surface area (Å²) >= 11 is 12.0. The number of anilines is 1. The number of piperazine rings is 1. The average Bonchev–Trinajstić information content (AvgIpc) is 2.68. The van der Waals surface area contributed by atoms with Crippen LogP contribution in [0.1, 0.15) is 12.5 Å². The highest BCUT2D eigenvalue weighted by molar-refractivity contribution is 6.35. The molecule has 0 unspecified atom stereocenters. The summed E-state index contributed by atoms with van der Waals surface area (Å²) in [6.07, 6.45) is 3.30. The van der Waals surface area contributed by atoms with E-state index in [9.17, 15) is 4.79 Å². The van der Waals surface area contributed by atoms with Gasteiger partial charge in [-0.1, -0.05) is 41.4 Å². The van der Waals surface area contributed by atoms with Crippen molar-refractivity contribution in [3.05, 3.63) is 64.1 Å². The predicted molar refractivity (Wildman–Crippen MR) is 112 cm³/mol. The molecule has 27 heavy (non-hydrogen) atoms. The van der Waals surface area contributed by atoms with Crippen LogP contribution in [0.2, 0.25) is 10.0 Å². The first-order valence-corrected chi connectivity index (χ1v) is 9.73. The van der Waals surface area contributed by atoms with E-state index < -0.39 is 0 Å². The van der Waals surface area contributed by atoms with Crippen molar-refractivity contribution < 1.29 is 9.53 Å². The summed E-state index contributed by atoms with van der Waals surface area (Å²) in [7, 11) is 0. The summed E-state index contributed by atoms with van der Waals surface area (Å²) in [5.74, 6) is 0.871. The van der Waals surface area contributed by atoms with Gasteiger partial charge in [0.2, 0.25) is 5.91 Å². The SMILES string of the molecule is CCOc1ccccc1N1CCN(C(=O)C=Cc2ccc(Cl)cc2Cl)CC1. The zero-order chi connectivity index (χ0) is 19.2. The molecule has 142 valence electrons. The molecule has 3 rings (SSSR count). The van der Waals surface area contributed by atoms with E-state index in [0.717, 1.165) is 30.1 Å². The van der Waals surface area contributed by atoms with Crippen molar-refractivity contribution in [1.29, 1.82) is 0 Å². The lowest BCUT2D eigenvalue weighted by Gasteiger charge is -2.36. The largest absolute Gasteiger partial charge is 0.492 e. The molecular weight excluding hydrogens is 383 g/mol. The maximum absolute atomic E-state index is 12.5. The second kappa shape index (κ2) is 9.16. The van der Waals surface area contributed by atoms with Gasteiger partial charge >= 0.3 is 0 Å². The highest BCUT2D eigenvalue weighted by atomic mass is 35.5. The lowest BCUT2D eigenvalue weighted by molar-refractivity contribution is -0.126. The van der Waals surface area contributed by atoms with Crippen molar-refractivity contribution in [3.63, 3.8) is 0 Å². The van der Waals surface area contributed by atoms with Crippen molar-refractivity contribution in [3.8, 4) is 5.75 Å². The summed E-state index contributed by atoms with van der Waals surface area (Å²) in [6, 6.07) is 13.2. The van der Waals surface area contributed by atoms with Crippen LogP contribution >= 0.6 is 23.2 Å². The first kappa shape index (κ1) is 19.6. The number of hydrogen-bond acceptors (Lipinski definition) is 3. The molecule has 0 bridgehead atoms. The molecule has 0 aliphatic carbocycles. The van der Waals surface area contributed by atoms with Gasteiger partial charge in [-0.3, -0.25) is 4.79 Å². The Morgan fingerprint density at radius 2 is 1.85 bits per heavy atom. The van der Waals surface area contributed by atoms with E-state index in [2.05, 4.69) is 11.0 Å².